The maximum atomic E-state index is 10.9. The Balaban J connectivity index is 2.55. The Morgan fingerprint density at radius 1 is 1.64 bits per heavy atom. The Morgan fingerprint density at radius 3 is 2.86 bits per heavy atom. The molecule has 0 radical (unpaired) electrons. The molecule has 0 fully saturated rings. The molecule has 1 aromatic rings. The van der Waals surface area contributed by atoms with E-state index in [0.29, 0.717) is 11.0 Å². The van der Waals surface area contributed by atoms with Gasteiger partial charge in [0.25, 0.3) is 0 Å². The van der Waals surface area contributed by atoms with Gasteiger partial charge in [-0.1, -0.05) is 18.7 Å². The van der Waals surface area contributed by atoms with E-state index in [1.807, 2.05) is 6.92 Å². The molecule has 14 heavy (non-hydrogen) atoms. The molecule has 0 saturated heterocycles. The van der Waals surface area contributed by atoms with Crippen molar-refractivity contribution in [3.63, 3.8) is 0 Å². The van der Waals surface area contributed by atoms with Crippen LogP contribution in [0.15, 0.2) is 21.6 Å². The van der Waals surface area contributed by atoms with E-state index in [1.165, 1.54) is 18.7 Å². The highest BCUT2D eigenvalue weighted by atomic mass is 32.2. The van der Waals surface area contributed by atoms with Gasteiger partial charge in [-0.05, 0) is 18.6 Å². The van der Waals surface area contributed by atoms with Crippen LogP contribution in [0, 0.1) is 0 Å². The topological polar surface area (TPSA) is 50.4 Å². The van der Waals surface area contributed by atoms with Crippen molar-refractivity contribution in [1.29, 1.82) is 0 Å². The summed E-state index contributed by atoms with van der Waals surface area (Å²) >= 11 is 1.53. The first-order chi connectivity index (χ1) is 6.63. The number of hydrogen-bond acceptors (Lipinski definition) is 4. The van der Waals surface area contributed by atoms with Crippen LogP contribution in [-0.4, -0.2) is 22.7 Å². The zero-order chi connectivity index (χ0) is 10.6. The fourth-order valence-corrected chi connectivity index (χ4v) is 1.92. The van der Waals surface area contributed by atoms with Crippen molar-refractivity contribution in [2.75, 3.05) is 6.61 Å². The minimum absolute atomic E-state index is 0.0633. The van der Waals surface area contributed by atoms with Crippen molar-refractivity contribution in [3.05, 3.63) is 17.9 Å². The SMILES string of the molecule is CC(=O)c1ccc(SC(C)CCO)o1. The van der Waals surface area contributed by atoms with Crippen LogP contribution in [0.5, 0.6) is 0 Å². The molecule has 3 nitrogen and oxygen atoms in total. The third-order valence-electron chi connectivity index (χ3n) is 1.78. The molecule has 1 atom stereocenters. The van der Waals surface area contributed by atoms with Crippen molar-refractivity contribution in [3.8, 4) is 0 Å². The highest BCUT2D eigenvalue weighted by Gasteiger charge is 2.09. The van der Waals surface area contributed by atoms with Gasteiger partial charge in [0.15, 0.2) is 16.6 Å². The molecule has 1 heterocycles. The summed E-state index contributed by atoms with van der Waals surface area (Å²) in [6.45, 7) is 3.66. The molecule has 0 aliphatic rings. The Hall–Kier alpha value is -0.740. The fourth-order valence-electron chi connectivity index (χ4n) is 1.01. The van der Waals surface area contributed by atoms with Crippen molar-refractivity contribution in [2.24, 2.45) is 0 Å². The number of aliphatic hydroxyl groups excluding tert-OH is 1. The number of carbonyl (C=O) groups excluding carboxylic acids is 1. The summed E-state index contributed by atoms with van der Waals surface area (Å²) in [5.74, 6) is 0.329. The fraction of sp³-hybridized carbons (Fsp3) is 0.500. The van der Waals surface area contributed by atoms with Crippen molar-refractivity contribution in [2.45, 2.75) is 30.6 Å². The van der Waals surface area contributed by atoms with Gasteiger partial charge in [0.1, 0.15) is 0 Å². The van der Waals surface area contributed by atoms with Crippen molar-refractivity contribution in [1.82, 2.24) is 0 Å². The Bertz CT molecular complexity index is 306. The van der Waals surface area contributed by atoms with Gasteiger partial charge in [-0.15, -0.1) is 0 Å². The predicted molar refractivity (Wildman–Crippen MR) is 55.7 cm³/mol. The van der Waals surface area contributed by atoms with Crippen molar-refractivity contribution < 1.29 is 14.3 Å². The highest BCUT2D eigenvalue weighted by molar-refractivity contribution is 7.99. The monoisotopic (exact) mass is 214 g/mol. The number of carbonyl (C=O) groups is 1. The second kappa shape index (κ2) is 5.22. The first kappa shape index (κ1) is 11.3. The summed E-state index contributed by atoms with van der Waals surface area (Å²) in [4.78, 5) is 10.9. The molecule has 0 bridgehead atoms. The second-order valence-electron chi connectivity index (χ2n) is 3.12. The van der Waals surface area contributed by atoms with Crippen LogP contribution in [0.25, 0.3) is 0 Å². The van der Waals surface area contributed by atoms with E-state index in [2.05, 4.69) is 0 Å². The molecule has 1 unspecified atom stereocenters. The van der Waals surface area contributed by atoms with E-state index in [1.54, 1.807) is 12.1 Å². The van der Waals surface area contributed by atoms with Crippen molar-refractivity contribution >= 4 is 17.5 Å². The lowest BCUT2D eigenvalue weighted by molar-refractivity contribution is 0.0982. The third-order valence-corrected chi connectivity index (χ3v) is 2.87. The number of aliphatic hydroxyl groups is 1. The normalized spacial score (nSPS) is 12.8. The molecule has 0 spiro atoms. The van der Waals surface area contributed by atoms with Crippen LogP contribution >= 0.6 is 11.8 Å². The number of Topliss-reactive ketones (excluding diaryl/α,β-unsaturated/α-hetero) is 1. The number of furan rings is 1. The summed E-state index contributed by atoms with van der Waals surface area (Å²) in [6.07, 6.45) is 0.723. The first-order valence-corrected chi connectivity index (χ1v) is 5.39. The van der Waals surface area contributed by atoms with Crippen LogP contribution in [0.1, 0.15) is 30.8 Å². The number of hydrogen-bond donors (Lipinski definition) is 1. The molecule has 78 valence electrons. The summed E-state index contributed by atoms with van der Waals surface area (Å²) in [7, 11) is 0. The quantitative estimate of drug-likeness (QED) is 0.603. The molecule has 0 amide bonds. The Morgan fingerprint density at radius 2 is 2.36 bits per heavy atom. The largest absolute Gasteiger partial charge is 0.447 e. The smallest absolute Gasteiger partial charge is 0.194 e. The lowest BCUT2D eigenvalue weighted by Gasteiger charge is -2.05. The molecule has 0 aliphatic carbocycles. The van der Waals surface area contributed by atoms with E-state index in [0.717, 1.165) is 11.5 Å². The standard InChI is InChI=1S/C10H14O3S/c1-7(5-6-11)14-10-4-3-9(13-10)8(2)12/h3-4,7,11H,5-6H2,1-2H3. The molecule has 1 N–H and O–H groups in total. The predicted octanol–water partition coefficient (Wildman–Crippen LogP) is 2.35. The van der Waals surface area contributed by atoms with E-state index in [4.69, 9.17) is 9.52 Å². The molecule has 0 aromatic carbocycles. The lowest BCUT2D eigenvalue weighted by Crippen LogP contribution is -1.98. The van der Waals surface area contributed by atoms with Gasteiger partial charge in [-0.3, -0.25) is 4.79 Å². The van der Waals surface area contributed by atoms with Gasteiger partial charge in [-0.2, -0.15) is 0 Å². The van der Waals surface area contributed by atoms with E-state index in [9.17, 15) is 4.79 Å². The lowest BCUT2D eigenvalue weighted by atomic mass is 10.3. The van der Waals surface area contributed by atoms with Gasteiger partial charge >= 0.3 is 0 Å². The molecule has 0 saturated carbocycles. The zero-order valence-corrected chi connectivity index (χ0v) is 9.13. The average molecular weight is 214 g/mol. The van der Waals surface area contributed by atoms with E-state index >= 15 is 0 Å². The van der Waals surface area contributed by atoms with Crippen LogP contribution in [-0.2, 0) is 0 Å². The van der Waals surface area contributed by atoms with Crippen LogP contribution in [0.2, 0.25) is 0 Å². The highest BCUT2D eigenvalue weighted by Crippen LogP contribution is 2.26. The third kappa shape index (κ3) is 3.20. The van der Waals surface area contributed by atoms with Gasteiger partial charge in [-0.25, -0.2) is 0 Å². The number of rotatable bonds is 5. The van der Waals surface area contributed by atoms with Crippen LogP contribution in [0.3, 0.4) is 0 Å². The van der Waals surface area contributed by atoms with Gasteiger partial charge < -0.3 is 9.52 Å². The molecule has 1 rings (SSSR count). The number of thioether (sulfide) groups is 1. The molecular weight excluding hydrogens is 200 g/mol. The van der Waals surface area contributed by atoms with Crippen LogP contribution < -0.4 is 0 Å². The maximum absolute atomic E-state index is 10.9. The molecular formula is C10H14O3S. The van der Waals surface area contributed by atoms with E-state index < -0.39 is 0 Å². The summed E-state index contributed by atoms with van der Waals surface area (Å²) in [6, 6.07) is 3.46. The Labute approximate surface area is 87.5 Å². The molecule has 0 aliphatic heterocycles. The Kier molecular flexibility index (Phi) is 4.22. The maximum Gasteiger partial charge on any atom is 0.194 e. The van der Waals surface area contributed by atoms with Crippen LogP contribution in [0.4, 0.5) is 0 Å². The second-order valence-corrected chi connectivity index (χ2v) is 4.56. The van der Waals surface area contributed by atoms with E-state index in [-0.39, 0.29) is 12.4 Å². The summed E-state index contributed by atoms with van der Waals surface area (Å²) in [5.41, 5.74) is 0. The molecule has 4 heteroatoms. The van der Waals surface area contributed by atoms with Gasteiger partial charge in [0.2, 0.25) is 0 Å². The molecule has 1 aromatic heterocycles. The minimum atomic E-state index is -0.0633. The summed E-state index contributed by atoms with van der Waals surface area (Å²) in [5, 5.41) is 9.74. The zero-order valence-electron chi connectivity index (χ0n) is 8.32. The number of ketones is 1. The van der Waals surface area contributed by atoms with Gasteiger partial charge in [0.05, 0.1) is 0 Å². The van der Waals surface area contributed by atoms with Gasteiger partial charge in [0, 0.05) is 18.8 Å². The average Bonchev–Trinajstić information content (AvgIpc) is 2.53. The minimum Gasteiger partial charge on any atom is -0.447 e. The summed E-state index contributed by atoms with van der Waals surface area (Å²) < 4.78 is 5.29. The first-order valence-electron chi connectivity index (χ1n) is 4.51.